The predicted molar refractivity (Wildman–Crippen MR) is 126 cm³/mol. The molecule has 1 fully saturated rings. The van der Waals surface area contributed by atoms with Gasteiger partial charge in [0.05, 0.1) is 40.0 Å². The quantitative estimate of drug-likeness (QED) is 0.370. The SMILES string of the molecule is O=C(CSc1nc2cc(Cl)ccc2c(=O)n1CC1CCCO1)Nc1ccc(Cl)cc1Cl. The number of aromatic nitrogens is 2. The zero-order chi connectivity index (χ0) is 22.0. The van der Waals surface area contributed by atoms with Gasteiger partial charge in [0.1, 0.15) is 0 Å². The molecule has 1 atom stereocenters. The van der Waals surface area contributed by atoms with Crippen molar-refractivity contribution in [2.75, 3.05) is 17.7 Å². The summed E-state index contributed by atoms with van der Waals surface area (Å²) in [5.74, 6) is -0.235. The fourth-order valence-corrected chi connectivity index (χ4v) is 4.77. The van der Waals surface area contributed by atoms with Crippen LogP contribution in [0, 0.1) is 0 Å². The highest BCUT2D eigenvalue weighted by molar-refractivity contribution is 7.99. The minimum absolute atomic E-state index is 0.0446. The number of ether oxygens (including phenoxy) is 1. The Morgan fingerprint density at radius 3 is 2.71 bits per heavy atom. The lowest BCUT2D eigenvalue weighted by atomic mass is 10.2. The number of carbonyl (C=O) groups excluding carboxylic acids is 1. The third-order valence-electron chi connectivity index (χ3n) is 4.83. The molecule has 1 aliphatic rings. The number of benzene rings is 2. The Kier molecular flexibility index (Phi) is 7.08. The van der Waals surface area contributed by atoms with E-state index in [1.807, 2.05) is 0 Å². The number of nitrogens with one attached hydrogen (secondary N) is 1. The summed E-state index contributed by atoms with van der Waals surface area (Å²) in [6.07, 6.45) is 1.79. The first-order valence-electron chi connectivity index (χ1n) is 9.60. The van der Waals surface area contributed by atoms with Crippen molar-refractivity contribution in [3.63, 3.8) is 0 Å². The molecular formula is C21H18Cl3N3O3S. The van der Waals surface area contributed by atoms with E-state index in [1.165, 1.54) is 11.8 Å². The second-order valence-electron chi connectivity index (χ2n) is 7.07. The van der Waals surface area contributed by atoms with Crippen LogP contribution in [0.15, 0.2) is 46.3 Å². The van der Waals surface area contributed by atoms with Crippen molar-refractivity contribution in [3.8, 4) is 0 Å². The molecular weight excluding hydrogens is 481 g/mol. The molecule has 1 aliphatic heterocycles. The van der Waals surface area contributed by atoms with Crippen LogP contribution in [0.1, 0.15) is 12.8 Å². The standard InChI is InChI=1S/C21H18Cl3N3O3S/c22-12-4-6-17(16(24)8-12)25-19(28)11-31-21-26-18-9-13(23)3-5-15(18)20(29)27(21)10-14-2-1-7-30-14/h3-6,8-9,14H,1-2,7,10-11H2,(H,25,28). The maximum absolute atomic E-state index is 13.1. The molecule has 0 radical (unpaired) electrons. The summed E-state index contributed by atoms with van der Waals surface area (Å²) in [5, 5.41) is 4.98. The van der Waals surface area contributed by atoms with Gasteiger partial charge in [-0.05, 0) is 49.2 Å². The summed E-state index contributed by atoms with van der Waals surface area (Å²) in [6, 6.07) is 9.81. The van der Waals surface area contributed by atoms with Gasteiger partial charge < -0.3 is 10.1 Å². The highest BCUT2D eigenvalue weighted by Crippen LogP contribution is 2.26. The van der Waals surface area contributed by atoms with Crippen LogP contribution in [0.3, 0.4) is 0 Å². The maximum atomic E-state index is 13.1. The van der Waals surface area contributed by atoms with E-state index >= 15 is 0 Å². The van der Waals surface area contributed by atoms with E-state index in [0.717, 1.165) is 12.8 Å². The monoisotopic (exact) mass is 497 g/mol. The third-order valence-corrected chi connectivity index (χ3v) is 6.59. The smallest absolute Gasteiger partial charge is 0.262 e. The van der Waals surface area contributed by atoms with Crippen LogP contribution in [-0.2, 0) is 16.1 Å². The Bertz CT molecular complexity index is 1200. The zero-order valence-electron chi connectivity index (χ0n) is 16.2. The molecule has 0 saturated carbocycles. The number of fused-ring (bicyclic) bond motifs is 1. The van der Waals surface area contributed by atoms with E-state index < -0.39 is 0 Å². The second-order valence-corrected chi connectivity index (χ2v) is 9.29. The summed E-state index contributed by atoms with van der Waals surface area (Å²) in [5.41, 5.74) is 0.775. The minimum Gasteiger partial charge on any atom is -0.376 e. The van der Waals surface area contributed by atoms with E-state index in [-0.39, 0.29) is 23.3 Å². The molecule has 31 heavy (non-hydrogen) atoms. The largest absolute Gasteiger partial charge is 0.376 e. The van der Waals surface area contributed by atoms with Crippen LogP contribution in [-0.4, -0.2) is 33.9 Å². The van der Waals surface area contributed by atoms with Crippen LogP contribution in [0.25, 0.3) is 10.9 Å². The van der Waals surface area contributed by atoms with Crippen molar-refractivity contribution < 1.29 is 9.53 Å². The summed E-state index contributed by atoms with van der Waals surface area (Å²) >= 11 is 19.3. The van der Waals surface area contributed by atoms with Gasteiger partial charge in [0.15, 0.2) is 5.16 Å². The molecule has 0 aliphatic carbocycles. The number of rotatable bonds is 6. The first-order chi connectivity index (χ1) is 14.9. The molecule has 162 valence electrons. The number of hydrogen-bond acceptors (Lipinski definition) is 5. The zero-order valence-corrected chi connectivity index (χ0v) is 19.3. The molecule has 3 aromatic rings. The van der Waals surface area contributed by atoms with Crippen molar-refractivity contribution in [1.82, 2.24) is 9.55 Å². The molecule has 1 amide bonds. The van der Waals surface area contributed by atoms with Gasteiger partial charge in [-0.25, -0.2) is 4.98 Å². The Morgan fingerprint density at radius 1 is 1.19 bits per heavy atom. The predicted octanol–water partition coefficient (Wildman–Crippen LogP) is 5.27. The summed E-state index contributed by atoms with van der Waals surface area (Å²) in [7, 11) is 0. The number of thioether (sulfide) groups is 1. The van der Waals surface area contributed by atoms with Gasteiger partial charge in [0.25, 0.3) is 5.56 Å². The molecule has 1 unspecified atom stereocenters. The molecule has 4 rings (SSSR count). The first kappa shape index (κ1) is 22.4. The van der Waals surface area contributed by atoms with Gasteiger partial charge in [0, 0.05) is 16.7 Å². The van der Waals surface area contributed by atoms with Crippen molar-refractivity contribution >= 4 is 69.1 Å². The van der Waals surface area contributed by atoms with Gasteiger partial charge in [0.2, 0.25) is 5.91 Å². The molecule has 10 heteroatoms. The van der Waals surface area contributed by atoms with Gasteiger partial charge in [-0.1, -0.05) is 46.6 Å². The molecule has 0 spiro atoms. The molecule has 0 bridgehead atoms. The number of halogens is 3. The average Bonchev–Trinajstić information content (AvgIpc) is 3.24. The highest BCUT2D eigenvalue weighted by Gasteiger charge is 2.21. The van der Waals surface area contributed by atoms with Crippen LogP contribution >= 0.6 is 46.6 Å². The van der Waals surface area contributed by atoms with E-state index in [9.17, 15) is 9.59 Å². The van der Waals surface area contributed by atoms with Crippen LogP contribution in [0.4, 0.5) is 5.69 Å². The molecule has 1 aromatic heterocycles. The normalized spacial score (nSPS) is 16.0. The second kappa shape index (κ2) is 9.79. The average molecular weight is 499 g/mol. The number of anilines is 1. The Labute approximate surface area is 197 Å². The molecule has 2 aromatic carbocycles. The molecule has 2 heterocycles. The lowest BCUT2D eigenvalue weighted by Gasteiger charge is -2.16. The number of carbonyl (C=O) groups is 1. The number of amides is 1. The number of nitrogens with zero attached hydrogens (tertiary/aromatic N) is 2. The highest BCUT2D eigenvalue weighted by atomic mass is 35.5. The fraction of sp³-hybridized carbons (Fsp3) is 0.286. The Balaban J connectivity index is 1.58. The van der Waals surface area contributed by atoms with Crippen molar-refractivity contribution in [2.24, 2.45) is 0 Å². The summed E-state index contributed by atoms with van der Waals surface area (Å²) in [6.45, 7) is 1.07. The summed E-state index contributed by atoms with van der Waals surface area (Å²) in [4.78, 5) is 30.2. The fourth-order valence-electron chi connectivity index (χ4n) is 3.34. The van der Waals surface area contributed by atoms with Gasteiger partial charge >= 0.3 is 0 Å². The number of hydrogen-bond donors (Lipinski definition) is 1. The van der Waals surface area contributed by atoms with Crippen molar-refractivity contribution in [3.05, 3.63) is 61.8 Å². The van der Waals surface area contributed by atoms with Crippen LogP contribution < -0.4 is 10.9 Å². The van der Waals surface area contributed by atoms with E-state index in [0.29, 0.717) is 50.0 Å². The summed E-state index contributed by atoms with van der Waals surface area (Å²) < 4.78 is 7.29. The van der Waals surface area contributed by atoms with Crippen LogP contribution in [0.2, 0.25) is 15.1 Å². The third kappa shape index (κ3) is 5.35. The molecule has 1 saturated heterocycles. The lowest BCUT2D eigenvalue weighted by Crippen LogP contribution is -2.29. The molecule has 6 nitrogen and oxygen atoms in total. The van der Waals surface area contributed by atoms with Gasteiger partial charge in [-0.2, -0.15) is 0 Å². The Morgan fingerprint density at radius 2 is 1.97 bits per heavy atom. The topological polar surface area (TPSA) is 73.2 Å². The Hall–Kier alpha value is -1.77. The van der Waals surface area contributed by atoms with Crippen molar-refractivity contribution in [1.29, 1.82) is 0 Å². The van der Waals surface area contributed by atoms with Crippen LogP contribution in [0.5, 0.6) is 0 Å². The van der Waals surface area contributed by atoms with E-state index in [1.54, 1.807) is 41.0 Å². The lowest BCUT2D eigenvalue weighted by molar-refractivity contribution is -0.113. The van der Waals surface area contributed by atoms with E-state index in [2.05, 4.69) is 10.3 Å². The maximum Gasteiger partial charge on any atom is 0.262 e. The van der Waals surface area contributed by atoms with Gasteiger partial charge in [-0.15, -0.1) is 0 Å². The first-order valence-corrected chi connectivity index (χ1v) is 11.7. The van der Waals surface area contributed by atoms with E-state index in [4.69, 9.17) is 39.5 Å². The molecule has 1 N–H and O–H groups in total. The minimum atomic E-state index is -0.279. The van der Waals surface area contributed by atoms with Crippen molar-refractivity contribution in [2.45, 2.75) is 30.6 Å². The van der Waals surface area contributed by atoms with Gasteiger partial charge in [-0.3, -0.25) is 14.2 Å².